The van der Waals surface area contributed by atoms with Gasteiger partial charge >= 0.3 is 6.18 Å². The third-order valence-electron chi connectivity index (χ3n) is 4.40. The normalized spacial score (nSPS) is 11.6. The van der Waals surface area contributed by atoms with Crippen molar-refractivity contribution in [1.29, 1.82) is 5.41 Å². The van der Waals surface area contributed by atoms with Gasteiger partial charge in [0.25, 0.3) is 5.91 Å². The van der Waals surface area contributed by atoms with Crippen LogP contribution in [0.3, 0.4) is 0 Å². The highest BCUT2D eigenvalue weighted by Crippen LogP contribution is 2.42. The van der Waals surface area contributed by atoms with E-state index >= 15 is 0 Å². The van der Waals surface area contributed by atoms with Crippen LogP contribution in [0.1, 0.15) is 20.1 Å². The molecule has 1 amide bonds. The number of thiophene rings is 1. The molecule has 146 valence electrons. The number of fused-ring (bicyclic) bond motifs is 1. The summed E-state index contributed by atoms with van der Waals surface area (Å²) in [6, 6.07) is 16.3. The largest absolute Gasteiger partial charge is 0.426 e. The van der Waals surface area contributed by atoms with Crippen molar-refractivity contribution in [3.05, 3.63) is 82.2 Å². The Kier molecular flexibility index (Phi) is 4.71. The van der Waals surface area contributed by atoms with Gasteiger partial charge in [0.05, 0.1) is 4.88 Å². The van der Waals surface area contributed by atoms with Crippen LogP contribution in [0.15, 0.2) is 66.9 Å². The summed E-state index contributed by atoms with van der Waals surface area (Å²) in [6.07, 6.45) is -2.87. The molecule has 4 nitrogen and oxygen atoms in total. The Bertz CT molecular complexity index is 1210. The first-order valence-electron chi connectivity index (χ1n) is 8.57. The van der Waals surface area contributed by atoms with E-state index in [1.54, 1.807) is 54.7 Å². The first-order chi connectivity index (χ1) is 13.8. The molecule has 4 aromatic rings. The minimum atomic E-state index is -4.58. The smallest absolute Gasteiger partial charge is 0.361 e. The zero-order valence-electron chi connectivity index (χ0n) is 14.8. The van der Waals surface area contributed by atoms with Gasteiger partial charge in [-0.1, -0.05) is 42.5 Å². The molecule has 0 unspecified atom stereocenters. The Morgan fingerprint density at radius 2 is 1.79 bits per heavy atom. The maximum atomic E-state index is 13.5. The number of hydrogen-bond donors (Lipinski definition) is 3. The van der Waals surface area contributed by atoms with E-state index in [9.17, 15) is 18.0 Å². The van der Waals surface area contributed by atoms with Crippen molar-refractivity contribution in [3.8, 4) is 11.1 Å². The van der Waals surface area contributed by atoms with Crippen LogP contribution in [0, 0.1) is 5.41 Å². The second-order valence-electron chi connectivity index (χ2n) is 6.29. The maximum absolute atomic E-state index is 13.5. The predicted molar refractivity (Wildman–Crippen MR) is 107 cm³/mol. The number of carbonyl (C=O) groups is 1. The van der Waals surface area contributed by atoms with Crippen LogP contribution in [0.25, 0.3) is 22.0 Å². The molecule has 8 heteroatoms. The number of H-pyrrole nitrogens is 1. The second kappa shape index (κ2) is 7.21. The van der Waals surface area contributed by atoms with Crippen molar-refractivity contribution >= 4 is 34.0 Å². The fourth-order valence-electron chi connectivity index (χ4n) is 3.09. The van der Waals surface area contributed by atoms with Gasteiger partial charge in [-0.15, -0.1) is 11.3 Å². The standard InChI is InChI=1S/C21H14F3N3OS/c22-21(23,24)18-15(12-5-2-1-3-6-12)11-17(29-18)20(28)27-19(25)14-7-4-8-16-13(14)9-10-26-16/h1-11,26H,(H2,25,27,28). The van der Waals surface area contributed by atoms with E-state index in [0.29, 0.717) is 22.5 Å². The highest BCUT2D eigenvalue weighted by atomic mass is 32.1. The summed E-state index contributed by atoms with van der Waals surface area (Å²) in [6.45, 7) is 0. The second-order valence-corrected chi connectivity index (χ2v) is 7.34. The zero-order valence-corrected chi connectivity index (χ0v) is 15.6. The molecule has 0 aliphatic carbocycles. The lowest BCUT2D eigenvalue weighted by atomic mass is 10.1. The number of benzene rings is 2. The van der Waals surface area contributed by atoms with Gasteiger partial charge in [0.15, 0.2) is 0 Å². The van der Waals surface area contributed by atoms with Gasteiger partial charge in [-0.25, -0.2) is 0 Å². The number of alkyl halides is 3. The number of aromatic nitrogens is 1. The van der Waals surface area contributed by atoms with E-state index in [1.807, 2.05) is 6.07 Å². The Morgan fingerprint density at radius 1 is 1.03 bits per heavy atom. The van der Waals surface area contributed by atoms with Crippen LogP contribution in [-0.4, -0.2) is 16.7 Å². The van der Waals surface area contributed by atoms with Crippen LogP contribution < -0.4 is 5.32 Å². The van der Waals surface area contributed by atoms with Crippen LogP contribution in [-0.2, 0) is 6.18 Å². The first kappa shape index (κ1) is 18.9. The van der Waals surface area contributed by atoms with Crippen molar-refractivity contribution in [1.82, 2.24) is 10.3 Å². The summed E-state index contributed by atoms with van der Waals surface area (Å²) in [5.74, 6) is -0.927. The Balaban J connectivity index is 1.66. The minimum absolute atomic E-state index is 0.0486. The van der Waals surface area contributed by atoms with Gasteiger partial charge in [-0.3, -0.25) is 10.2 Å². The van der Waals surface area contributed by atoms with E-state index in [2.05, 4.69) is 10.3 Å². The lowest BCUT2D eigenvalue weighted by Gasteiger charge is -2.07. The third kappa shape index (κ3) is 3.66. The van der Waals surface area contributed by atoms with Crippen molar-refractivity contribution in [3.63, 3.8) is 0 Å². The Morgan fingerprint density at radius 3 is 2.52 bits per heavy atom. The summed E-state index contributed by atoms with van der Waals surface area (Å²) in [7, 11) is 0. The summed E-state index contributed by atoms with van der Waals surface area (Å²) in [5.41, 5.74) is 1.60. The number of amides is 1. The molecule has 0 spiro atoms. The van der Waals surface area contributed by atoms with E-state index in [4.69, 9.17) is 5.41 Å². The monoisotopic (exact) mass is 413 g/mol. The molecule has 4 rings (SSSR count). The van der Waals surface area contributed by atoms with Gasteiger partial charge in [-0.2, -0.15) is 13.2 Å². The average molecular weight is 413 g/mol. The Hall–Kier alpha value is -3.39. The summed E-state index contributed by atoms with van der Waals surface area (Å²) in [4.78, 5) is 14.7. The molecule has 0 bridgehead atoms. The zero-order chi connectivity index (χ0) is 20.6. The number of hydrogen-bond acceptors (Lipinski definition) is 3. The molecule has 0 atom stereocenters. The average Bonchev–Trinajstić information content (AvgIpc) is 3.35. The molecule has 0 radical (unpaired) electrons. The van der Waals surface area contributed by atoms with Gasteiger partial charge in [0, 0.05) is 28.2 Å². The lowest BCUT2D eigenvalue weighted by molar-refractivity contribution is -0.133. The van der Waals surface area contributed by atoms with Crippen LogP contribution in [0.4, 0.5) is 13.2 Å². The van der Waals surface area contributed by atoms with Crippen LogP contribution in [0.5, 0.6) is 0 Å². The van der Waals surface area contributed by atoms with E-state index in [1.165, 1.54) is 6.07 Å². The van der Waals surface area contributed by atoms with Gasteiger partial charge < -0.3 is 10.3 Å². The van der Waals surface area contributed by atoms with Crippen molar-refractivity contribution < 1.29 is 18.0 Å². The minimum Gasteiger partial charge on any atom is -0.361 e. The molecule has 2 aromatic carbocycles. The highest BCUT2D eigenvalue weighted by Gasteiger charge is 2.37. The van der Waals surface area contributed by atoms with Crippen molar-refractivity contribution in [2.75, 3.05) is 0 Å². The van der Waals surface area contributed by atoms with Crippen LogP contribution >= 0.6 is 11.3 Å². The molecular weight excluding hydrogens is 399 g/mol. The number of nitrogens with one attached hydrogen (secondary N) is 3. The molecule has 0 aliphatic rings. The van der Waals surface area contributed by atoms with Crippen molar-refractivity contribution in [2.45, 2.75) is 6.18 Å². The van der Waals surface area contributed by atoms with Gasteiger partial charge in [0.1, 0.15) is 10.7 Å². The topological polar surface area (TPSA) is 68.7 Å². The van der Waals surface area contributed by atoms with Crippen molar-refractivity contribution in [2.24, 2.45) is 0 Å². The quantitative estimate of drug-likeness (QED) is 0.294. The first-order valence-corrected chi connectivity index (χ1v) is 9.39. The SMILES string of the molecule is N=C(NC(=O)c1cc(-c2ccccc2)c(C(F)(F)F)s1)c1cccc2[nH]ccc12. The molecule has 0 saturated heterocycles. The predicted octanol–water partition coefficient (Wildman–Crippen LogP) is 5.67. The van der Waals surface area contributed by atoms with E-state index in [0.717, 1.165) is 10.9 Å². The number of amidine groups is 1. The molecule has 3 N–H and O–H groups in total. The van der Waals surface area contributed by atoms with E-state index < -0.39 is 17.0 Å². The fourth-order valence-corrected chi connectivity index (χ4v) is 4.03. The van der Waals surface area contributed by atoms with Gasteiger partial charge in [-0.05, 0) is 23.8 Å². The molecule has 2 heterocycles. The van der Waals surface area contributed by atoms with Gasteiger partial charge in [0.2, 0.25) is 0 Å². The molecule has 0 fully saturated rings. The highest BCUT2D eigenvalue weighted by molar-refractivity contribution is 7.14. The molecule has 2 aromatic heterocycles. The number of halogens is 3. The number of rotatable bonds is 3. The number of aromatic amines is 1. The summed E-state index contributed by atoms with van der Waals surface area (Å²) >= 11 is 0.372. The summed E-state index contributed by atoms with van der Waals surface area (Å²) in [5, 5.41) is 11.4. The molecule has 0 aliphatic heterocycles. The third-order valence-corrected chi connectivity index (χ3v) is 5.58. The Labute approximate surface area is 167 Å². The van der Waals surface area contributed by atoms with Crippen LogP contribution in [0.2, 0.25) is 0 Å². The summed E-state index contributed by atoms with van der Waals surface area (Å²) < 4.78 is 40.5. The lowest BCUT2D eigenvalue weighted by Crippen LogP contribution is -2.30. The maximum Gasteiger partial charge on any atom is 0.426 e. The molecular formula is C21H14F3N3OS. The van der Waals surface area contributed by atoms with E-state index in [-0.39, 0.29) is 16.3 Å². The fraction of sp³-hybridized carbons (Fsp3) is 0.0476. The number of carbonyl (C=O) groups excluding carboxylic acids is 1. The molecule has 29 heavy (non-hydrogen) atoms. The molecule has 0 saturated carbocycles.